The van der Waals surface area contributed by atoms with Crippen LogP contribution in [0, 0.1) is 0 Å². The first-order chi connectivity index (χ1) is 13.1. The third-order valence-corrected chi connectivity index (χ3v) is 4.45. The first-order valence-electron chi connectivity index (χ1n) is 8.57. The molecule has 0 aliphatic carbocycles. The van der Waals surface area contributed by atoms with E-state index in [2.05, 4.69) is 10.6 Å². The topological polar surface area (TPSA) is 70.6 Å². The van der Waals surface area contributed by atoms with Gasteiger partial charge in [-0.3, -0.25) is 10.1 Å². The van der Waals surface area contributed by atoms with Gasteiger partial charge in [0.05, 0.1) is 17.8 Å². The Morgan fingerprint density at radius 2 is 1.86 bits per heavy atom. The highest BCUT2D eigenvalue weighted by atomic mass is 35.5. The second kappa shape index (κ2) is 9.08. The molecular formula is C21H23ClN2O3S. The SMILES string of the molecule is COc1ccc(C=CC(=O)NC(=S)Nc2cc(C(C)(C)C)cc(Cl)c2O)cc1. The number of ether oxygens (including phenoxy) is 1. The predicted octanol–water partition coefficient (Wildman–Crippen LogP) is 4.88. The number of phenols is 1. The van der Waals surface area contributed by atoms with Gasteiger partial charge in [0, 0.05) is 6.08 Å². The van der Waals surface area contributed by atoms with Crippen molar-refractivity contribution < 1.29 is 14.6 Å². The van der Waals surface area contributed by atoms with Crippen molar-refractivity contribution in [2.24, 2.45) is 0 Å². The third kappa shape index (κ3) is 5.97. The van der Waals surface area contributed by atoms with Crippen molar-refractivity contribution in [3.05, 3.63) is 58.6 Å². The molecule has 0 heterocycles. The fraction of sp³-hybridized carbons (Fsp3) is 0.238. The van der Waals surface area contributed by atoms with Crippen LogP contribution in [0.5, 0.6) is 11.5 Å². The van der Waals surface area contributed by atoms with Crippen molar-refractivity contribution >= 4 is 46.6 Å². The molecule has 2 rings (SSSR count). The smallest absolute Gasteiger partial charge is 0.250 e. The van der Waals surface area contributed by atoms with E-state index in [1.165, 1.54) is 6.08 Å². The molecular weight excluding hydrogens is 396 g/mol. The summed E-state index contributed by atoms with van der Waals surface area (Å²) in [5, 5.41) is 15.8. The molecule has 0 aromatic heterocycles. The Hall–Kier alpha value is -2.57. The van der Waals surface area contributed by atoms with E-state index in [1.54, 1.807) is 37.5 Å². The van der Waals surface area contributed by atoms with Crippen LogP contribution in [-0.4, -0.2) is 23.2 Å². The third-order valence-electron chi connectivity index (χ3n) is 3.96. The molecule has 0 bridgehead atoms. The summed E-state index contributed by atoms with van der Waals surface area (Å²) in [5.41, 5.74) is 1.94. The van der Waals surface area contributed by atoms with Gasteiger partial charge in [0.15, 0.2) is 10.9 Å². The number of halogens is 1. The summed E-state index contributed by atoms with van der Waals surface area (Å²) in [7, 11) is 1.59. The van der Waals surface area contributed by atoms with Crippen molar-refractivity contribution in [2.75, 3.05) is 12.4 Å². The molecule has 0 radical (unpaired) electrons. The van der Waals surface area contributed by atoms with Crippen molar-refractivity contribution in [3.8, 4) is 11.5 Å². The van der Waals surface area contributed by atoms with Gasteiger partial charge in [-0.05, 0) is 59.1 Å². The Morgan fingerprint density at radius 3 is 2.43 bits per heavy atom. The summed E-state index contributed by atoms with van der Waals surface area (Å²) in [6.07, 6.45) is 3.03. The van der Waals surface area contributed by atoms with E-state index < -0.39 is 5.91 Å². The highest BCUT2D eigenvalue weighted by Crippen LogP contribution is 2.37. The van der Waals surface area contributed by atoms with Crippen LogP contribution in [0.2, 0.25) is 5.02 Å². The minimum absolute atomic E-state index is 0.0572. The molecule has 2 aromatic rings. The lowest BCUT2D eigenvalue weighted by Crippen LogP contribution is -2.33. The predicted molar refractivity (Wildman–Crippen MR) is 118 cm³/mol. The van der Waals surface area contributed by atoms with Crippen LogP contribution in [0.1, 0.15) is 31.9 Å². The van der Waals surface area contributed by atoms with E-state index in [0.29, 0.717) is 5.69 Å². The molecule has 1 amide bonds. The summed E-state index contributed by atoms with van der Waals surface area (Å²) < 4.78 is 5.09. The molecule has 5 nitrogen and oxygen atoms in total. The number of hydrogen-bond acceptors (Lipinski definition) is 4. The molecule has 0 saturated carbocycles. The van der Waals surface area contributed by atoms with E-state index in [1.807, 2.05) is 32.9 Å². The van der Waals surface area contributed by atoms with Gasteiger partial charge in [-0.25, -0.2) is 0 Å². The van der Waals surface area contributed by atoms with Crippen molar-refractivity contribution in [3.63, 3.8) is 0 Å². The number of amides is 1. The number of methoxy groups -OCH3 is 1. The number of carbonyl (C=O) groups is 1. The van der Waals surface area contributed by atoms with Gasteiger partial charge in [0.1, 0.15) is 5.75 Å². The number of thiocarbonyl (C=S) groups is 1. The minimum atomic E-state index is -0.397. The molecule has 0 aliphatic rings. The van der Waals surface area contributed by atoms with Gasteiger partial charge < -0.3 is 15.2 Å². The maximum atomic E-state index is 12.1. The Morgan fingerprint density at radius 1 is 1.21 bits per heavy atom. The van der Waals surface area contributed by atoms with E-state index in [-0.39, 0.29) is 21.3 Å². The normalized spacial score (nSPS) is 11.3. The highest BCUT2D eigenvalue weighted by Gasteiger charge is 2.18. The van der Waals surface area contributed by atoms with Crippen molar-refractivity contribution in [1.29, 1.82) is 0 Å². The Bertz CT molecular complexity index is 903. The first kappa shape index (κ1) is 21.7. The van der Waals surface area contributed by atoms with Gasteiger partial charge in [0.25, 0.3) is 0 Å². The molecule has 0 spiro atoms. The number of nitrogens with one attached hydrogen (secondary N) is 2. The number of anilines is 1. The summed E-state index contributed by atoms with van der Waals surface area (Å²) in [6.45, 7) is 6.09. The molecule has 148 valence electrons. The lowest BCUT2D eigenvalue weighted by Gasteiger charge is -2.21. The maximum absolute atomic E-state index is 12.1. The van der Waals surface area contributed by atoms with E-state index in [0.717, 1.165) is 16.9 Å². The van der Waals surface area contributed by atoms with Crippen LogP contribution in [0.15, 0.2) is 42.5 Å². The average Bonchev–Trinajstić information content (AvgIpc) is 2.63. The lowest BCUT2D eigenvalue weighted by molar-refractivity contribution is -0.115. The van der Waals surface area contributed by atoms with Crippen LogP contribution in [0.4, 0.5) is 5.69 Å². The lowest BCUT2D eigenvalue weighted by atomic mass is 9.87. The largest absolute Gasteiger partial charge is 0.504 e. The monoisotopic (exact) mass is 418 g/mol. The van der Waals surface area contributed by atoms with Gasteiger partial charge in [0.2, 0.25) is 5.91 Å². The molecule has 2 aromatic carbocycles. The van der Waals surface area contributed by atoms with Crippen LogP contribution in [0.25, 0.3) is 6.08 Å². The number of phenolic OH excluding ortho intramolecular Hbond substituents is 1. The standard InChI is InChI=1S/C21H23ClN2O3S/c1-21(2,3)14-11-16(22)19(26)17(12-14)23-20(28)24-18(25)10-7-13-5-8-15(27-4)9-6-13/h5-12,26H,1-4H3,(H2,23,24,25,28). The minimum Gasteiger partial charge on any atom is -0.504 e. The van der Waals surface area contributed by atoms with E-state index >= 15 is 0 Å². The van der Waals surface area contributed by atoms with Gasteiger partial charge in [-0.1, -0.05) is 44.5 Å². The molecule has 7 heteroatoms. The maximum Gasteiger partial charge on any atom is 0.250 e. The molecule has 28 heavy (non-hydrogen) atoms. The van der Waals surface area contributed by atoms with Gasteiger partial charge >= 0.3 is 0 Å². The second-order valence-electron chi connectivity index (χ2n) is 7.15. The quantitative estimate of drug-likeness (QED) is 0.375. The average molecular weight is 419 g/mol. The zero-order valence-corrected chi connectivity index (χ0v) is 17.7. The Labute approximate surface area is 175 Å². The zero-order valence-electron chi connectivity index (χ0n) is 16.2. The first-order valence-corrected chi connectivity index (χ1v) is 9.36. The molecule has 0 unspecified atom stereocenters. The zero-order chi connectivity index (χ0) is 20.9. The number of carbonyl (C=O) groups excluding carboxylic acids is 1. The summed E-state index contributed by atoms with van der Waals surface area (Å²) >= 11 is 11.3. The van der Waals surface area contributed by atoms with Crippen molar-refractivity contribution in [1.82, 2.24) is 5.32 Å². The number of rotatable bonds is 4. The molecule has 3 N–H and O–H groups in total. The highest BCUT2D eigenvalue weighted by molar-refractivity contribution is 7.80. The summed E-state index contributed by atoms with van der Waals surface area (Å²) in [4.78, 5) is 12.1. The van der Waals surface area contributed by atoms with Gasteiger partial charge in [-0.2, -0.15) is 0 Å². The Balaban J connectivity index is 2.04. The van der Waals surface area contributed by atoms with Gasteiger partial charge in [-0.15, -0.1) is 0 Å². The number of hydrogen-bond donors (Lipinski definition) is 3. The Kier molecular flexibility index (Phi) is 7.05. The fourth-order valence-corrected chi connectivity index (χ4v) is 2.75. The van der Waals surface area contributed by atoms with Crippen LogP contribution in [-0.2, 0) is 10.2 Å². The van der Waals surface area contributed by atoms with E-state index in [9.17, 15) is 9.90 Å². The fourth-order valence-electron chi connectivity index (χ4n) is 2.32. The van der Waals surface area contributed by atoms with E-state index in [4.69, 9.17) is 28.6 Å². The molecule has 0 aliphatic heterocycles. The molecule has 0 saturated heterocycles. The van der Waals surface area contributed by atoms with Crippen LogP contribution < -0.4 is 15.4 Å². The number of aromatic hydroxyl groups is 1. The molecule has 0 atom stereocenters. The summed E-state index contributed by atoms with van der Waals surface area (Å²) in [6, 6.07) is 10.7. The molecule has 0 fully saturated rings. The second-order valence-corrected chi connectivity index (χ2v) is 7.97. The summed E-state index contributed by atoms with van der Waals surface area (Å²) in [5.74, 6) is 0.217. The van der Waals surface area contributed by atoms with Crippen LogP contribution >= 0.6 is 23.8 Å². The van der Waals surface area contributed by atoms with Crippen LogP contribution in [0.3, 0.4) is 0 Å². The number of benzene rings is 2. The van der Waals surface area contributed by atoms with Crippen molar-refractivity contribution in [2.45, 2.75) is 26.2 Å².